The minimum absolute atomic E-state index is 0.0129. The summed E-state index contributed by atoms with van der Waals surface area (Å²) in [6.07, 6.45) is 7.53. The third-order valence-corrected chi connectivity index (χ3v) is 6.77. The lowest BCUT2D eigenvalue weighted by Gasteiger charge is -2.05. The second-order valence-electron chi connectivity index (χ2n) is 11.6. The van der Waals surface area contributed by atoms with E-state index in [-0.39, 0.29) is 24.6 Å². The number of aliphatic carboxylic acids is 6. The lowest BCUT2D eigenvalue weighted by Crippen LogP contribution is -2.33. The Hall–Kier alpha value is -4.92. The van der Waals surface area contributed by atoms with Crippen molar-refractivity contribution in [1.82, 2.24) is 16.0 Å². The molecule has 2 saturated heterocycles. The van der Waals surface area contributed by atoms with E-state index in [0.717, 1.165) is 51.6 Å². The Labute approximate surface area is 319 Å². The maximum atomic E-state index is 10.2. The number of carboxylic acid groups (broad SMARTS) is 6. The molecular formula is C30H64N12O13. The number of carbonyl (C=O) groups is 7. The molecule has 2 fully saturated rings. The van der Waals surface area contributed by atoms with Crippen LogP contribution in [0.4, 0.5) is 4.79 Å². The number of hydrogen-bond acceptors (Lipinski definition) is 15. The van der Waals surface area contributed by atoms with Crippen molar-refractivity contribution in [3.63, 3.8) is 0 Å². The van der Waals surface area contributed by atoms with Gasteiger partial charge in [-0.15, -0.1) is 0 Å². The Bertz CT molecular complexity index is 1090. The summed E-state index contributed by atoms with van der Waals surface area (Å²) < 4.78 is 0. The molecule has 322 valence electrons. The molecule has 0 aromatic rings. The van der Waals surface area contributed by atoms with Gasteiger partial charge in [-0.1, -0.05) is 6.42 Å². The molecule has 2 aliphatic rings. The number of amides is 2. The smallest absolute Gasteiger partial charge is 0.320 e. The number of unbranched alkanes of at least 4 members (excludes halogenated alkanes) is 1. The fraction of sp³-hybridized carbons (Fsp3) is 0.733. The van der Waals surface area contributed by atoms with Crippen LogP contribution < -0.4 is 61.8 Å². The third-order valence-electron chi connectivity index (χ3n) is 6.77. The van der Waals surface area contributed by atoms with Gasteiger partial charge < -0.3 is 92.5 Å². The molecule has 0 aromatic heterocycles. The summed E-state index contributed by atoms with van der Waals surface area (Å²) >= 11 is 0. The summed E-state index contributed by atoms with van der Waals surface area (Å²) in [5.41, 5.74) is 40.3. The molecule has 0 aromatic carbocycles. The van der Waals surface area contributed by atoms with Crippen molar-refractivity contribution < 1.29 is 64.2 Å². The van der Waals surface area contributed by atoms with E-state index < -0.39 is 60.0 Å². The molecule has 0 spiro atoms. The van der Waals surface area contributed by atoms with E-state index in [1.54, 1.807) is 0 Å². The number of nitrogens with two attached hydrogens (primary N) is 8. The first-order valence-corrected chi connectivity index (χ1v) is 17.2. The number of carbonyl (C=O) groups excluding carboxylic acids is 1. The standard InChI is InChI=1S/C6H14N4O2.C6H13N3O3.C6H14N2O2.2C5H9NO2.C2H5NO2/c7-4(5(11)12)2-1-3-10-6(8)9;7-4(5(10)11)2-1-3-9-6(8)12;7-4-2-1-3-5(8)6(9)10;2*7-5(8)4-2-1-3-6-4;3-1-2(4)5/h4H,1-3,7H2,(H,11,12)(H4,8,9,10);4H,1-3,7H2,(H,10,11)(H3,8,9,12);5H,1-4,7-8H2,(H,9,10);2*4,6H,1-3H2,(H,7,8);1,3H2,(H,4,5). The van der Waals surface area contributed by atoms with Crippen LogP contribution in [0.3, 0.4) is 0 Å². The predicted octanol–water partition coefficient (Wildman–Crippen LogP) is -4.50. The van der Waals surface area contributed by atoms with Gasteiger partial charge in [0.1, 0.15) is 30.2 Å². The molecule has 55 heavy (non-hydrogen) atoms. The van der Waals surface area contributed by atoms with E-state index in [0.29, 0.717) is 51.7 Å². The molecule has 0 saturated carbocycles. The summed E-state index contributed by atoms with van der Waals surface area (Å²) in [5, 5.41) is 57.4. The number of nitrogens with zero attached hydrogens (tertiary/aromatic N) is 1. The topological polar surface area (TPSA) is 497 Å². The van der Waals surface area contributed by atoms with E-state index in [1.165, 1.54) is 0 Å². The number of carboxylic acids is 6. The molecule has 0 aliphatic carbocycles. The Morgan fingerprint density at radius 1 is 0.636 bits per heavy atom. The molecule has 5 atom stereocenters. The van der Waals surface area contributed by atoms with Crippen LogP contribution >= 0.6 is 0 Å². The minimum Gasteiger partial charge on any atom is -0.480 e. The van der Waals surface area contributed by atoms with Crippen molar-refractivity contribution in [3.8, 4) is 0 Å². The van der Waals surface area contributed by atoms with Crippen LogP contribution in [-0.4, -0.2) is 148 Å². The molecule has 2 aliphatic heterocycles. The monoisotopic (exact) mass is 800 g/mol. The van der Waals surface area contributed by atoms with E-state index >= 15 is 0 Å². The average Bonchev–Trinajstić information content (AvgIpc) is 3.86. The Balaban J connectivity index is -0.000000289. The van der Waals surface area contributed by atoms with Gasteiger partial charge in [-0.05, 0) is 83.8 Å². The number of aliphatic imine (C=N–C) groups is 1. The van der Waals surface area contributed by atoms with Crippen LogP contribution in [0, 0.1) is 0 Å². The first kappa shape index (κ1) is 56.8. The zero-order valence-corrected chi connectivity index (χ0v) is 31.0. The zero-order chi connectivity index (χ0) is 43.4. The van der Waals surface area contributed by atoms with E-state index in [9.17, 15) is 33.6 Å². The molecule has 25 heteroatoms. The van der Waals surface area contributed by atoms with Crippen LogP contribution in [0.5, 0.6) is 0 Å². The van der Waals surface area contributed by atoms with E-state index in [1.807, 2.05) is 0 Å². The van der Waals surface area contributed by atoms with Gasteiger partial charge in [0.25, 0.3) is 0 Å². The van der Waals surface area contributed by atoms with Crippen molar-refractivity contribution in [2.75, 3.05) is 39.3 Å². The van der Waals surface area contributed by atoms with Crippen LogP contribution in [-0.2, 0) is 28.8 Å². The Morgan fingerprint density at radius 2 is 1.02 bits per heavy atom. The molecule has 25 nitrogen and oxygen atoms in total. The van der Waals surface area contributed by atoms with Crippen molar-refractivity contribution in [1.29, 1.82) is 0 Å². The molecule has 0 radical (unpaired) electrons. The second kappa shape index (κ2) is 37.4. The maximum absolute atomic E-state index is 10.2. The first-order chi connectivity index (χ1) is 25.6. The SMILES string of the molecule is NC(=O)NCCCC(N)C(=O)O.NC(N)=NCCCC(N)C(=O)O.NCC(=O)O.NCCCCC(N)C(=O)O.O=C(O)C1CCCN1.O=C(O)C1CCCN1. The highest BCUT2D eigenvalue weighted by Gasteiger charge is 2.21. The van der Waals surface area contributed by atoms with Gasteiger partial charge in [-0.3, -0.25) is 33.8 Å². The summed E-state index contributed by atoms with van der Waals surface area (Å²) in [7, 11) is 0. The highest BCUT2D eigenvalue weighted by molar-refractivity contribution is 5.76. The molecule has 2 rings (SSSR count). The van der Waals surface area contributed by atoms with Crippen LogP contribution in [0.2, 0.25) is 0 Å². The normalized spacial score (nSPS) is 16.5. The molecule has 25 N–H and O–H groups in total. The van der Waals surface area contributed by atoms with Gasteiger partial charge >= 0.3 is 41.8 Å². The Morgan fingerprint density at radius 3 is 1.27 bits per heavy atom. The number of hydrogen-bond donors (Lipinski definition) is 17. The van der Waals surface area contributed by atoms with E-state index in [4.69, 9.17) is 70.8 Å². The maximum Gasteiger partial charge on any atom is 0.320 e. The highest BCUT2D eigenvalue weighted by Crippen LogP contribution is 2.04. The number of urea groups is 1. The largest absolute Gasteiger partial charge is 0.480 e. The van der Waals surface area contributed by atoms with E-state index in [2.05, 4.69) is 26.7 Å². The third kappa shape index (κ3) is 43.4. The van der Waals surface area contributed by atoms with Crippen LogP contribution in [0.1, 0.15) is 70.6 Å². The van der Waals surface area contributed by atoms with Crippen molar-refractivity contribution in [2.45, 2.75) is 101 Å². The summed E-state index contributed by atoms with van der Waals surface area (Å²) in [6.45, 7) is 2.82. The van der Waals surface area contributed by atoms with Crippen LogP contribution in [0.15, 0.2) is 4.99 Å². The number of rotatable bonds is 18. The predicted molar refractivity (Wildman–Crippen MR) is 200 cm³/mol. The summed E-state index contributed by atoms with van der Waals surface area (Å²) in [4.78, 5) is 73.9. The highest BCUT2D eigenvalue weighted by atomic mass is 16.4. The number of primary amides is 1. The average molecular weight is 801 g/mol. The Kier molecular flexibility index (Phi) is 38.6. The van der Waals surface area contributed by atoms with Crippen molar-refractivity contribution >= 4 is 47.8 Å². The summed E-state index contributed by atoms with van der Waals surface area (Å²) in [6, 6.07) is -3.55. The van der Waals surface area contributed by atoms with Gasteiger partial charge in [-0.25, -0.2) is 4.79 Å². The summed E-state index contributed by atoms with van der Waals surface area (Å²) in [5.74, 6) is -5.36. The first-order valence-electron chi connectivity index (χ1n) is 17.2. The number of guanidine groups is 1. The molecular weight excluding hydrogens is 736 g/mol. The van der Waals surface area contributed by atoms with Gasteiger partial charge in [0.15, 0.2) is 5.96 Å². The molecule has 2 heterocycles. The van der Waals surface area contributed by atoms with Gasteiger partial charge in [0.2, 0.25) is 0 Å². The fourth-order valence-electron chi connectivity index (χ4n) is 3.72. The second-order valence-corrected chi connectivity index (χ2v) is 11.6. The molecule has 5 unspecified atom stereocenters. The quantitative estimate of drug-likeness (QED) is 0.0353. The minimum atomic E-state index is -1.03. The lowest BCUT2D eigenvalue weighted by molar-refractivity contribution is -0.140. The lowest BCUT2D eigenvalue weighted by atomic mass is 10.1. The van der Waals surface area contributed by atoms with Gasteiger partial charge in [-0.2, -0.15) is 0 Å². The van der Waals surface area contributed by atoms with Gasteiger partial charge in [0, 0.05) is 13.1 Å². The molecule has 2 amide bonds. The number of nitrogens with one attached hydrogen (secondary N) is 3. The van der Waals surface area contributed by atoms with Gasteiger partial charge in [0.05, 0.1) is 6.54 Å². The van der Waals surface area contributed by atoms with Crippen LogP contribution in [0.25, 0.3) is 0 Å². The van der Waals surface area contributed by atoms with Crippen molar-refractivity contribution in [2.24, 2.45) is 50.9 Å². The fourth-order valence-corrected chi connectivity index (χ4v) is 3.72. The van der Waals surface area contributed by atoms with Crippen molar-refractivity contribution in [3.05, 3.63) is 0 Å². The molecule has 0 bridgehead atoms. The zero-order valence-electron chi connectivity index (χ0n) is 31.0.